The Morgan fingerprint density at radius 2 is 1.60 bits per heavy atom. The summed E-state index contributed by atoms with van der Waals surface area (Å²) in [6.07, 6.45) is 3.39. The fourth-order valence-electron chi connectivity index (χ4n) is 4.11. The number of hydrogen-bond acceptors (Lipinski definition) is 3. The summed E-state index contributed by atoms with van der Waals surface area (Å²) in [5.74, 6) is -0.845. The number of hydrogen-bond donors (Lipinski definition) is 2. The number of thiophene rings is 1. The molecule has 30 heavy (non-hydrogen) atoms. The second-order valence-electron chi connectivity index (χ2n) is 9.88. The molecule has 2 rings (SSSR count). The largest absolute Gasteiger partial charge is 0.477 e. The van der Waals surface area contributed by atoms with Crippen LogP contribution in [0.3, 0.4) is 0 Å². The van der Waals surface area contributed by atoms with E-state index in [0.29, 0.717) is 4.88 Å². The molecule has 0 aliphatic carbocycles. The summed E-state index contributed by atoms with van der Waals surface area (Å²) in [7, 11) is 0. The molecule has 0 saturated heterocycles. The number of rotatable bonds is 8. The third-order valence-corrected chi connectivity index (χ3v) is 8.61. The average molecular weight is 431 g/mol. The predicted octanol–water partition coefficient (Wildman–Crippen LogP) is 6.90. The molecular formula is C26H38O3S. The lowest BCUT2D eigenvalue weighted by atomic mass is 9.73. The summed E-state index contributed by atoms with van der Waals surface area (Å²) in [6, 6.07) is 8.73. The number of benzene rings is 1. The fourth-order valence-corrected chi connectivity index (χ4v) is 5.47. The van der Waals surface area contributed by atoms with E-state index in [1.165, 1.54) is 28.0 Å². The summed E-state index contributed by atoms with van der Waals surface area (Å²) in [6.45, 7) is 16.6. The Morgan fingerprint density at radius 1 is 1.00 bits per heavy atom. The summed E-state index contributed by atoms with van der Waals surface area (Å²) < 4.78 is 0. The van der Waals surface area contributed by atoms with E-state index in [2.05, 4.69) is 65.8 Å². The molecule has 0 bridgehead atoms. The van der Waals surface area contributed by atoms with Crippen molar-refractivity contribution in [1.82, 2.24) is 0 Å². The van der Waals surface area contributed by atoms with Gasteiger partial charge in [0.15, 0.2) is 0 Å². The van der Waals surface area contributed by atoms with Crippen molar-refractivity contribution in [2.75, 3.05) is 0 Å². The highest BCUT2D eigenvalue weighted by molar-refractivity contribution is 7.14. The molecule has 0 amide bonds. The van der Waals surface area contributed by atoms with Gasteiger partial charge in [0.25, 0.3) is 0 Å². The number of carbonyl (C=O) groups is 1. The van der Waals surface area contributed by atoms with Crippen LogP contribution in [0.15, 0.2) is 24.3 Å². The first-order chi connectivity index (χ1) is 13.8. The minimum absolute atomic E-state index is 0.167. The summed E-state index contributed by atoms with van der Waals surface area (Å²) in [5.41, 5.74) is 3.51. The van der Waals surface area contributed by atoms with Crippen LogP contribution in [0, 0.1) is 19.3 Å². The number of carboxylic acids is 1. The maximum absolute atomic E-state index is 11.6. The van der Waals surface area contributed by atoms with E-state index in [4.69, 9.17) is 0 Å². The molecule has 1 aromatic heterocycles. The van der Waals surface area contributed by atoms with E-state index >= 15 is 0 Å². The van der Waals surface area contributed by atoms with E-state index in [1.807, 2.05) is 13.8 Å². The molecule has 1 aromatic carbocycles. The first-order valence-electron chi connectivity index (χ1n) is 11.0. The summed E-state index contributed by atoms with van der Waals surface area (Å²) >= 11 is 1.41. The molecule has 0 radical (unpaired) electrons. The van der Waals surface area contributed by atoms with E-state index in [1.54, 1.807) is 0 Å². The first kappa shape index (κ1) is 24.6. The van der Waals surface area contributed by atoms with Gasteiger partial charge in [-0.1, -0.05) is 52.8 Å². The number of aromatic carboxylic acids is 1. The first-order valence-corrected chi connectivity index (χ1v) is 11.8. The van der Waals surface area contributed by atoms with Gasteiger partial charge in [-0.3, -0.25) is 0 Å². The second-order valence-corrected chi connectivity index (χ2v) is 10.9. The molecule has 0 spiro atoms. The van der Waals surface area contributed by atoms with Crippen molar-refractivity contribution in [2.24, 2.45) is 5.41 Å². The van der Waals surface area contributed by atoms with E-state index in [9.17, 15) is 15.0 Å². The molecule has 0 aliphatic rings. The van der Waals surface area contributed by atoms with Gasteiger partial charge in [-0.2, -0.15) is 0 Å². The third kappa shape index (κ3) is 4.65. The molecule has 2 aromatic rings. The molecule has 2 N–H and O–H groups in total. The summed E-state index contributed by atoms with van der Waals surface area (Å²) in [5, 5.41) is 20.4. The monoisotopic (exact) mass is 430 g/mol. The highest BCUT2D eigenvalue weighted by Crippen LogP contribution is 2.44. The third-order valence-electron chi connectivity index (χ3n) is 7.18. The molecular weight excluding hydrogens is 392 g/mol. The predicted molar refractivity (Wildman–Crippen MR) is 127 cm³/mol. The van der Waals surface area contributed by atoms with Gasteiger partial charge in [0.2, 0.25) is 0 Å². The minimum Gasteiger partial charge on any atom is -0.477 e. The van der Waals surface area contributed by atoms with Gasteiger partial charge in [0.1, 0.15) is 4.88 Å². The maximum Gasteiger partial charge on any atom is 0.346 e. The molecule has 166 valence electrons. The summed E-state index contributed by atoms with van der Waals surface area (Å²) in [4.78, 5) is 13.2. The van der Waals surface area contributed by atoms with Crippen LogP contribution in [-0.4, -0.2) is 21.8 Å². The second kappa shape index (κ2) is 8.84. The van der Waals surface area contributed by atoms with Crippen LogP contribution in [0.2, 0.25) is 0 Å². The van der Waals surface area contributed by atoms with Gasteiger partial charge < -0.3 is 10.2 Å². The fraction of sp³-hybridized carbons (Fsp3) is 0.577. The lowest BCUT2D eigenvalue weighted by Gasteiger charge is -2.37. The molecule has 0 fully saturated rings. The smallest absolute Gasteiger partial charge is 0.346 e. The van der Waals surface area contributed by atoms with Crippen LogP contribution in [0.5, 0.6) is 0 Å². The Labute approximate surface area is 186 Å². The van der Waals surface area contributed by atoms with E-state index in [-0.39, 0.29) is 10.8 Å². The van der Waals surface area contributed by atoms with Crippen LogP contribution in [0.4, 0.5) is 0 Å². The van der Waals surface area contributed by atoms with Crippen LogP contribution >= 0.6 is 11.3 Å². The number of aryl methyl sites for hydroxylation is 3. The Kier molecular flexibility index (Phi) is 7.25. The van der Waals surface area contributed by atoms with E-state index in [0.717, 1.165) is 36.1 Å². The minimum atomic E-state index is -0.845. The zero-order valence-corrected chi connectivity index (χ0v) is 20.7. The highest BCUT2D eigenvalue weighted by Gasteiger charge is 2.36. The molecule has 3 nitrogen and oxygen atoms in total. The topological polar surface area (TPSA) is 57.5 Å². The van der Waals surface area contributed by atoms with Crippen LogP contribution in [0.25, 0.3) is 0 Å². The number of aliphatic hydroxyl groups is 1. The Balaban J connectivity index is 2.40. The SMILES string of the molecule is CCC(CC)(c1ccc(CCC(C)(O)C(C)(C)C)c(C)c1)c1cc(C)c(C(=O)O)s1. The van der Waals surface area contributed by atoms with E-state index < -0.39 is 11.6 Å². The van der Waals surface area contributed by atoms with Crippen molar-refractivity contribution in [2.45, 2.75) is 92.1 Å². The van der Waals surface area contributed by atoms with Crippen LogP contribution in [0.1, 0.15) is 97.6 Å². The van der Waals surface area contributed by atoms with Crippen molar-refractivity contribution in [1.29, 1.82) is 0 Å². The van der Waals surface area contributed by atoms with Crippen molar-refractivity contribution < 1.29 is 15.0 Å². The zero-order valence-electron chi connectivity index (χ0n) is 19.8. The Morgan fingerprint density at radius 3 is 2.03 bits per heavy atom. The number of carboxylic acid groups (broad SMARTS) is 1. The Bertz CT molecular complexity index is 895. The van der Waals surface area contributed by atoms with Crippen molar-refractivity contribution in [3.8, 4) is 0 Å². The molecule has 4 heteroatoms. The molecule has 1 atom stereocenters. The maximum atomic E-state index is 11.6. The quantitative estimate of drug-likeness (QED) is 0.479. The van der Waals surface area contributed by atoms with Crippen molar-refractivity contribution in [3.05, 3.63) is 56.3 Å². The lowest BCUT2D eigenvalue weighted by Crippen LogP contribution is -2.40. The van der Waals surface area contributed by atoms with Crippen LogP contribution in [-0.2, 0) is 11.8 Å². The van der Waals surface area contributed by atoms with Gasteiger partial charge in [-0.25, -0.2) is 4.79 Å². The highest BCUT2D eigenvalue weighted by atomic mass is 32.1. The lowest BCUT2D eigenvalue weighted by molar-refractivity contribution is -0.0476. The normalized spacial score (nSPS) is 14.6. The van der Waals surface area contributed by atoms with Gasteiger partial charge >= 0.3 is 5.97 Å². The van der Waals surface area contributed by atoms with Crippen molar-refractivity contribution >= 4 is 17.3 Å². The Hall–Kier alpha value is -1.65. The average Bonchev–Trinajstić information content (AvgIpc) is 3.04. The van der Waals surface area contributed by atoms with Gasteiger partial charge in [0, 0.05) is 10.3 Å². The molecule has 1 heterocycles. The van der Waals surface area contributed by atoms with Gasteiger partial charge in [-0.05, 0) is 80.2 Å². The molecule has 1 unspecified atom stereocenters. The standard InChI is InChI=1S/C26H38O3S/c1-9-26(10-2,21-16-18(4)22(30-21)23(27)28)20-12-11-19(17(3)15-20)13-14-25(8,29)24(5,6)7/h11-12,15-16,29H,9-10,13-14H2,1-8H3,(H,27,28). The van der Waals surface area contributed by atoms with Crippen LogP contribution < -0.4 is 0 Å². The zero-order chi connectivity index (χ0) is 22.9. The van der Waals surface area contributed by atoms with Gasteiger partial charge in [-0.15, -0.1) is 11.3 Å². The van der Waals surface area contributed by atoms with Gasteiger partial charge in [0.05, 0.1) is 5.60 Å². The molecule has 0 saturated carbocycles. The van der Waals surface area contributed by atoms with Crippen molar-refractivity contribution in [3.63, 3.8) is 0 Å². The molecule has 0 aliphatic heterocycles.